The van der Waals surface area contributed by atoms with Crippen molar-refractivity contribution in [3.8, 4) is 5.75 Å². The Morgan fingerprint density at radius 3 is 2.39 bits per heavy atom. The number of amides is 2. The molecule has 0 heterocycles. The van der Waals surface area contributed by atoms with Crippen molar-refractivity contribution in [1.82, 2.24) is 5.43 Å². The van der Waals surface area contributed by atoms with Gasteiger partial charge in [0.2, 0.25) is 0 Å². The van der Waals surface area contributed by atoms with Crippen molar-refractivity contribution in [1.29, 1.82) is 0 Å². The van der Waals surface area contributed by atoms with E-state index in [0.29, 0.717) is 11.3 Å². The molecule has 0 radical (unpaired) electrons. The van der Waals surface area contributed by atoms with Crippen LogP contribution in [0.3, 0.4) is 0 Å². The Morgan fingerprint density at radius 1 is 1.13 bits per heavy atom. The van der Waals surface area contributed by atoms with Crippen LogP contribution in [0, 0.1) is 0 Å². The van der Waals surface area contributed by atoms with Gasteiger partial charge in [-0.05, 0) is 36.4 Å². The predicted molar refractivity (Wildman–Crippen MR) is 87.4 cm³/mol. The molecule has 3 N–H and O–H groups in total. The van der Waals surface area contributed by atoms with Crippen LogP contribution >= 0.6 is 0 Å². The van der Waals surface area contributed by atoms with Crippen molar-refractivity contribution >= 4 is 27.8 Å². The minimum absolute atomic E-state index is 0.0508. The number of phenols is 1. The lowest BCUT2D eigenvalue weighted by atomic mass is 10.2. The second kappa shape index (κ2) is 6.93. The van der Waals surface area contributed by atoms with Gasteiger partial charge in [0.15, 0.2) is 9.84 Å². The SMILES string of the molecule is CS(=O)(=O)c1ccc(NC(=O)N/N=C\c2ccccc2O)cc1. The molecule has 2 aromatic rings. The number of nitrogens with zero attached hydrogens (tertiary/aromatic N) is 1. The molecule has 0 aliphatic carbocycles. The number of hydrogen-bond acceptors (Lipinski definition) is 5. The predicted octanol–water partition coefficient (Wildman–Crippen LogP) is 1.95. The normalized spacial score (nSPS) is 11.3. The number of nitrogens with one attached hydrogen (secondary N) is 2. The van der Waals surface area contributed by atoms with E-state index in [1.54, 1.807) is 18.2 Å². The van der Waals surface area contributed by atoms with E-state index in [2.05, 4.69) is 15.8 Å². The molecule has 0 spiro atoms. The van der Waals surface area contributed by atoms with Gasteiger partial charge in [-0.25, -0.2) is 18.6 Å². The number of hydrogen-bond donors (Lipinski definition) is 3. The van der Waals surface area contributed by atoms with Gasteiger partial charge in [0.05, 0.1) is 11.1 Å². The van der Waals surface area contributed by atoms with Gasteiger partial charge < -0.3 is 10.4 Å². The number of carbonyl (C=O) groups is 1. The van der Waals surface area contributed by atoms with Crippen LogP contribution in [0.4, 0.5) is 10.5 Å². The van der Waals surface area contributed by atoms with Crippen molar-refractivity contribution in [3.05, 3.63) is 54.1 Å². The number of sulfone groups is 1. The quantitative estimate of drug-likeness (QED) is 0.587. The van der Waals surface area contributed by atoms with E-state index in [-0.39, 0.29) is 10.6 Å². The number of para-hydroxylation sites is 1. The van der Waals surface area contributed by atoms with E-state index < -0.39 is 15.9 Å². The lowest BCUT2D eigenvalue weighted by molar-refractivity contribution is 0.252. The summed E-state index contributed by atoms with van der Waals surface area (Å²) in [6, 6.07) is 11.7. The molecule has 0 saturated carbocycles. The van der Waals surface area contributed by atoms with Crippen LogP contribution < -0.4 is 10.7 Å². The largest absolute Gasteiger partial charge is 0.507 e. The Bertz CT molecular complexity index is 830. The summed E-state index contributed by atoms with van der Waals surface area (Å²) in [4.78, 5) is 11.8. The van der Waals surface area contributed by atoms with Crippen LogP contribution in [0.5, 0.6) is 5.75 Å². The molecule has 0 fully saturated rings. The highest BCUT2D eigenvalue weighted by Crippen LogP contribution is 2.14. The number of aromatic hydroxyl groups is 1. The molecule has 8 heteroatoms. The smallest absolute Gasteiger partial charge is 0.339 e. The molecule has 0 unspecified atom stereocenters. The third kappa shape index (κ3) is 4.82. The maximum Gasteiger partial charge on any atom is 0.339 e. The average Bonchev–Trinajstić information content (AvgIpc) is 2.49. The molecule has 120 valence electrons. The highest BCUT2D eigenvalue weighted by Gasteiger charge is 2.07. The molecule has 2 rings (SSSR count). The summed E-state index contributed by atoms with van der Waals surface area (Å²) < 4.78 is 22.7. The summed E-state index contributed by atoms with van der Waals surface area (Å²) in [5, 5.41) is 15.7. The number of hydrazone groups is 1. The molecule has 0 aliphatic heterocycles. The number of urea groups is 1. The minimum atomic E-state index is -3.27. The molecule has 0 aliphatic rings. The maximum absolute atomic E-state index is 11.7. The summed E-state index contributed by atoms with van der Waals surface area (Å²) in [6.45, 7) is 0. The second-order valence-electron chi connectivity index (χ2n) is 4.68. The molecular weight excluding hydrogens is 318 g/mol. The van der Waals surface area contributed by atoms with Crippen molar-refractivity contribution < 1.29 is 18.3 Å². The van der Waals surface area contributed by atoms with Crippen LogP contribution in [0.2, 0.25) is 0 Å². The summed E-state index contributed by atoms with van der Waals surface area (Å²) in [7, 11) is -3.27. The number of benzene rings is 2. The zero-order valence-electron chi connectivity index (χ0n) is 12.2. The van der Waals surface area contributed by atoms with Crippen molar-refractivity contribution in [3.63, 3.8) is 0 Å². The topological polar surface area (TPSA) is 108 Å². The van der Waals surface area contributed by atoms with Gasteiger partial charge in [-0.3, -0.25) is 0 Å². The Hall–Kier alpha value is -2.87. The van der Waals surface area contributed by atoms with Crippen LogP contribution in [0.1, 0.15) is 5.56 Å². The molecular formula is C15H15N3O4S. The van der Waals surface area contributed by atoms with E-state index in [0.717, 1.165) is 6.26 Å². The molecule has 23 heavy (non-hydrogen) atoms. The van der Waals surface area contributed by atoms with Crippen LogP contribution in [-0.2, 0) is 9.84 Å². The van der Waals surface area contributed by atoms with Crippen molar-refractivity contribution in [2.75, 3.05) is 11.6 Å². The molecule has 7 nitrogen and oxygen atoms in total. The van der Waals surface area contributed by atoms with E-state index in [4.69, 9.17) is 0 Å². The fourth-order valence-electron chi connectivity index (χ4n) is 1.70. The standard InChI is InChI=1S/C15H15N3O4S/c1-23(21,22)13-8-6-12(7-9-13)17-15(20)18-16-10-11-4-2-3-5-14(11)19/h2-10,19H,1H3,(H2,17,18,20)/b16-10-. The summed E-state index contributed by atoms with van der Waals surface area (Å²) >= 11 is 0. The Kier molecular flexibility index (Phi) is 4.97. The number of rotatable bonds is 4. The summed E-state index contributed by atoms with van der Waals surface area (Å²) in [5.41, 5.74) is 3.13. The fraction of sp³-hybridized carbons (Fsp3) is 0.0667. The highest BCUT2D eigenvalue weighted by atomic mass is 32.2. The van der Waals surface area contributed by atoms with Crippen molar-refractivity contribution in [2.45, 2.75) is 4.90 Å². The maximum atomic E-state index is 11.7. The number of phenolic OH excluding ortho intramolecular Hbond substituents is 1. The lowest BCUT2D eigenvalue weighted by Crippen LogP contribution is -2.24. The van der Waals surface area contributed by atoms with Crippen LogP contribution in [0.25, 0.3) is 0 Å². The first-order valence-corrected chi connectivity index (χ1v) is 8.43. The van der Waals surface area contributed by atoms with E-state index in [1.807, 2.05) is 0 Å². The first-order valence-electron chi connectivity index (χ1n) is 6.54. The van der Waals surface area contributed by atoms with Gasteiger partial charge in [0.25, 0.3) is 0 Å². The minimum Gasteiger partial charge on any atom is -0.507 e. The van der Waals surface area contributed by atoms with Crippen LogP contribution in [0.15, 0.2) is 58.5 Å². The lowest BCUT2D eigenvalue weighted by Gasteiger charge is -2.05. The van der Waals surface area contributed by atoms with Gasteiger partial charge in [-0.2, -0.15) is 5.10 Å². The first kappa shape index (κ1) is 16.5. The third-order valence-corrected chi connectivity index (χ3v) is 3.98. The molecule has 2 aromatic carbocycles. The van der Waals surface area contributed by atoms with E-state index in [1.165, 1.54) is 36.5 Å². The summed E-state index contributed by atoms with van der Waals surface area (Å²) in [5.74, 6) is 0.0508. The molecule has 0 atom stereocenters. The molecule has 2 amide bonds. The Balaban J connectivity index is 1.94. The highest BCUT2D eigenvalue weighted by molar-refractivity contribution is 7.90. The first-order chi connectivity index (χ1) is 10.9. The zero-order valence-corrected chi connectivity index (χ0v) is 13.0. The second-order valence-corrected chi connectivity index (χ2v) is 6.70. The number of anilines is 1. The Labute approximate surface area is 133 Å². The Morgan fingerprint density at radius 2 is 1.78 bits per heavy atom. The molecule has 0 aromatic heterocycles. The van der Waals surface area contributed by atoms with Gasteiger partial charge >= 0.3 is 6.03 Å². The van der Waals surface area contributed by atoms with Crippen LogP contribution in [-0.4, -0.2) is 32.0 Å². The van der Waals surface area contributed by atoms with Crippen molar-refractivity contribution in [2.24, 2.45) is 5.10 Å². The molecule has 0 bridgehead atoms. The molecule has 0 saturated heterocycles. The van der Waals surface area contributed by atoms with Gasteiger partial charge in [0.1, 0.15) is 5.75 Å². The fourth-order valence-corrected chi connectivity index (χ4v) is 2.33. The third-order valence-electron chi connectivity index (χ3n) is 2.85. The monoisotopic (exact) mass is 333 g/mol. The van der Waals surface area contributed by atoms with Gasteiger partial charge in [-0.1, -0.05) is 12.1 Å². The number of carbonyl (C=O) groups excluding carboxylic acids is 1. The van der Waals surface area contributed by atoms with Gasteiger partial charge in [-0.15, -0.1) is 0 Å². The van der Waals surface area contributed by atoms with E-state index in [9.17, 15) is 18.3 Å². The summed E-state index contributed by atoms with van der Waals surface area (Å²) in [6.07, 6.45) is 2.41. The average molecular weight is 333 g/mol. The zero-order chi connectivity index (χ0) is 16.9. The van der Waals surface area contributed by atoms with Gasteiger partial charge in [0, 0.05) is 17.5 Å². The van der Waals surface area contributed by atoms with E-state index >= 15 is 0 Å².